The van der Waals surface area contributed by atoms with Crippen molar-refractivity contribution in [2.24, 2.45) is 7.05 Å². The van der Waals surface area contributed by atoms with E-state index in [0.29, 0.717) is 34.1 Å². The lowest BCUT2D eigenvalue weighted by Gasteiger charge is -2.12. The topological polar surface area (TPSA) is 73.2 Å². The van der Waals surface area contributed by atoms with E-state index < -0.39 is 11.7 Å². The molecule has 0 fully saturated rings. The normalized spacial score (nSPS) is 10.5. The number of hydrogen-bond donors (Lipinski definition) is 1. The molecule has 0 saturated heterocycles. The van der Waals surface area contributed by atoms with Gasteiger partial charge in [-0.2, -0.15) is 5.10 Å². The third kappa shape index (κ3) is 3.89. The van der Waals surface area contributed by atoms with Gasteiger partial charge >= 0.3 is 0 Å². The summed E-state index contributed by atoms with van der Waals surface area (Å²) in [6.45, 7) is 5.46. The molecule has 0 radical (unpaired) electrons. The number of hydrogen-bond acceptors (Lipinski definition) is 4. The van der Waals surface area contributed by atoms with E-state index in [0.717, 1.165) is 5.56 Å². The van der Waals surface area contributed by atoms with E-state index >= 15 is 0 Å². The number of amides is 1. The zero-order valence-corrected chi connectivity index (χ0v) is 15.7. The first kappa shape index (κ1) is 18.4. The molecule has 0 spiro atoms. The zero-order valence-electron chi connectivity index (χ0n) is 15.7. The van der Waals surface area contributed by atoms with E-state index in [2.05, 4.69) is 10.4 Å². The van der Waals surface area contributed by atoms with Crippen molar-refractivity contribution in [3.63, 3.8) is 0 Å². The largest absolute Gasteiger partial charge is 0.455 e. The van der Waals surface area contributed by atoms with Crippen molar-refractivity contribution >= 4 is 17.4 Å². The molecule has 27 heavy (non-hydrogen) atoms. The van der Waals surface area contributed by atoms with Gasteiger partial charge in [0.1, 0.15) is 5.75 Å². The van der Waals surface area contributed by atoms with Crippen molar-refractivity contribution in [2.45, 2.75) is 20.8 Å². The molecule has 6 heteroatoms. The standard InChI is InChI=1S/C21H21N3O3/c1-13-9-11-16(12-10-13)27-18-8-6-5-7-17(18)22-21(26)20(25)19-14(2)23-24(4)15(19)3/h5-12H,1-4H3,(H,22,26). The van der Waals surface area contributed by atoms with Crippen LogP contribution in [0.1, 0.15) is 27.3 Å². The Morgan fingerprint density at radius 1 is 1.00 bits per heavy atom. The maximum absolute atomic E-state index is 12.6. The van der Waals surface area contributed by atoms with Gasteiger partial charge in [0, 0.05) is 12.7 Å². The maximum atomic E-state index is 12.6. The number of rotatable bonds is 5. The molecule has 0 saturated carbocycles. The monoisotopic (exact) mass is 363 g/mol. The van der Waals surface area contributed by atoms with Gasteiger partial charge in [-0.05, 0) is 45.0 Å². The Balaban J connectivity index is 1.82. The predicted molar refractivity (Wildman–Crippen MR) is 103 cm³/mol. The molecule has 3 aromatic rings. The van der Waals surface area contributed by atoms with E-state index in [1.807, 2.05) is 31.2 Å². The molecule has 0 aliphatic carbocycles. The molecule has 0 atom stereocenters. The van der Waals surface area contributed by atoms with Crippen LogP contribution in [0.15, 0.2) is 48.5 Å². The smallest absolute Gasteiger partial charge is 0.297 e. The number of carbonyl (C=O) groups is 2. The molecule has 3 rings (SSSR count). The number of Topliss-reactive ketones (excluding diaryl/α,β-unsaturated/α-hetero) is 1. The Hall–Kier alpha value is -3.41. The fourth-order valence-electron chi connectivity index (χ4n) is 2.79. The summed E-state index contributed by atoms with van der Waals surface area (Å²) in [5.74, 6) is -0.243. The summed E-state index contributed by atoms with van der Waals surface area (Å²) in [4.78, 5) is 25.1. The zero-order chi connectivity index (χ0) is 19.6. The van der Waals surface area contributed by atoms with Crippen LogP contribution in [0.3, 0.4) is 0 Å². The lowest BCUT2D eigenvalue weighted by Crippen LogP contribution is -2.24. The van der Waals surface area contributed by atoms with E-state index in [-0.39, 0.29) is 0 Å². The number of ether oxygens (including phenoxy) is 1. The van der Waals surface area contributed by atoms with Gasteiger partial charge < -0.3 is 10.1 Å². The van der Waals surface area contributed by atoms with Crippen molar-refractivity contribution in [3.8, 4) is 11.5 Å². The molecule has 0 bridgehead atoms. The van der Waals surface area contributed by atoms with Gasteiger partial charge in [-0.1, -0.05) is 29.8 Å². The number of nitrogens with zero attached hydrogens (tertiary/aromatic N) is 2. The minimum Gasteiger partial charge on any atom is -0.455 e. The van der Waals surface area contributed by atoms with Crippen molar-refractivity contribution in [2.75, 3.05) is 5.32 Å². The van der Waals surface area contributed by atoms with Gasteiger partial charge in [0.25, 0.3) is 11.7 Å². The molecular formula is C21H21N3O3. The van der Waals surface area contributed by atoms with Gasteiger partial charge in [-0.3, -0.25) is 14.3 Å². The maximum Gasteiger partial charge on any atom is 0.297 e. The molecule has 6 nitrogen and oxygen atoms in total. The van der Waals surface area contributed by atoms with E-state index in [1.54, 1.807) is 49.8 Å². The Kier molecular flexibility index (Phi) is 5.07. The average molecular weight is 363 g/mol. The summed E-state index contributed by atoms with van der Waals surface area (Å²) >= 11 is 0. The van der Waals surface area contributed by atoms with Gasteiger partial charge in [-0.25, -0.2) is 0 Å². The van der Waals surface area contributed by atoms with Crippen LogP contribution in [0, 0.1) is 20.8 Å². The second-order valence-electron chi connectivity index (χ2n) is 6.36. The number of benzene rings is 2. The van der Waals surface area contributed by atoms with Crippen LogP contribution in [0.5, 0.6) is 11.5 Å². The molecular weight excluding hydrogens is 342 g/mol. The molecule has 138 valence electrons. The summed E-state index contributed by atoms with van der Waals surface area (Å²) in [7, 11) is 1.74. The molecule has 0 unspecified atom stereocenters. The van der Waals surface area contributed by atoms with Gasteiger partial charge in [0.15, 0.2) is 5.75 Å². The third-order valence-corrected chi connectivity index (χ3v) is 4.33. The number of ketones is 1. The number of anilines is 1. The lowest BCUT2D eigenvalue weighted by atomic mass is 10.1. The molecule has 2 aromatic carbocycles. The summed E-state index contributed by atoms with van der Waals surface area (Å²) in [5, 5.41) is 6.85. The van der Waals surface area contributed by atoms with Crippen LogP contribution in [0.25, 0.3) is 0 Å². The number of aryl methyl sites for hydroxylation is 3. The van der Waals surface area contributed by atoms with E-state index in [9.17, 15) is 9.59 Å². The van der Waals surface area contributed by atoms with E-state index in [1.165, 1.54) is 0 Å². The van der Waals surface area contributed by atoms with Crippen LogP contribution < -0.4 is 10.1 Å². The third-order valence-electron chi connectivity index (χ3n) is 4.33. The predicted octanol–water partition coefficient (Wildman–Crippen LogP) is 3.96. The highest BCUT2D eigenvalue weighted by atomic mass is 16.5. The molecule has 1 heterocycles. The highest BCUT2D eigenvalue weighted by molar-refractivity contribution is 6.47. The quantitative estimate of drug-likeness (QED) is 0.550. The summed E-state index contributed by atoms with van der Waals surface area (Å²) < 4.78 is 7.45. The molecule has 1 N–H and O–H groups in total. The Labute approximate surface area is 157 Å². The van der Waals surface area contributed by atoms with Gasteiger partial charge in [0.2, 0.25) is 0 Å². The molecule has 1 aromatic heterocycles. The Morgan fingerprint density at radius 3 is 2.30 bits per heavy atom. The molecule has 0 aliphatic rings. The first-order valence-electron chi connectivity index (χ1n) is 8.56. The molecule has 0 aliphatic heterocycles. The first-order chi connectivity index (χ1) is 12.9. The van der Waals surface area contributed by atoms with Crippen molar-refractivity contribution in [1.29, 1.82) is 0 Å². The van der Waals surface area contributed by atoms with Crippen molar-refractivity contribution in [1.82, 2.24) is 9.78 Å². The fraction of sp³-hybridized carbons (Fsp3) is 0.190. The number of carbonyl (C=O) groups excluding carboxylic acids is 2. The number of aromatic nitrogens is 2. The molecule has 1 amide bonds. The minimum atomic E-state index is -0.728. The minimum absolute atomic E-state index is 0.326. The highest BCUT2D eigenvalue weighted by Gasteiger charge is 2.24. The lowest BCUT2D eigenvalue weighted by molar-refractivity contribution is -0.112. The van der Waals surface area contributed by atoms with Crippen molar-refractivity contribution in [3.05, 3.63) is 71.0 Å². The first-order valence-corrected chi connectivity index (χ1v) is 8.56. The Bertz CT molecular complexity index is 1000. The van der Waals surface area contributed by atoms with Gasteiger partial charge in [-0.15, -0.1) is 0 Å². The second kappa shape index (κ2) is 7.45. The van der Waals surface area contributed by atoms with E-state index in [4.69, 9.17) is 4.74 Å². The number of nitrogens with one attached hydrogen (secondary N) is 1. The highest BCUT2D eigenvalue weighted by Crippen LogP contribution is 2.29. The van der Waals surface area contributed by atoms with Crippen LogP contribution in [0.2, 0.25) is 0 Å². The average Bonchev–Trinajstić information content (AvgIpc) is 2.90. The van der Waals surface area contributed by atoms with Crippen LogP contribution in [-0.2, 0) is 11.8 Å². The SMILES string of the molecule is Cc1ccc(Oc2ccccc2NC(=O)C(=O)c2c(C)nn(C)c2C)cc1. The second-order valence-corrected chi connectivity index (χ2v) is 6.36. The van der Waals surface area contributed by atoms with Gasteiger partial charge in [0.05, 0.1) is 16.9 Å². The van der Waals surface area contributed by atoms with Crippen molar-refractivity contribution < 1.29 is 14.3 Å². The van der Waals surface area contributed by atoms with Crippen LogP contribution in [0.4, 0.5) is 5.69 Å². The Morgan fingerprint density at radius 2 is 1.67 bits per heavy atom. The summed E-state index contributed by atoms with van der Waals surface area (Å²) in [6, 6.07) is 14.6. The summed E-state index contributed by atoms with van der Waals surface area (Å²) in [5.41, 5.74) is 3.05. The number of para-hydroxylation sites is 2. The van der Waals surface area contributed by atoms with Crippen LogP contribution >= 0.6 is 0 Å². The van der Waals surface area contributed by atoms with Crippen LogP contribution in [-0.4, -0.2) is 21.5 Å². The fourth-order valence-corrected chi connectivity index (χ4v) is 2.79. The summed E-state index contributed by atoms with van der Waals surface area (Å²) in [6.07, 6.45) is 0.